The highest BCUT2D eigenvalue weighted by molar-refractivity contribution is 6.38. The van der Waals surface area contributed by atoms with Gasteiger partial charge in [0.05, 0.1) is 38.3 Å². The molecule has 2 atom stereocenters. The van der Waals surface area contributed by atoms with Crippen molar-refractivity contribution >= 4 is 56.7 Å². The second kappa shape index (κ2) is 16.4. The smallest absolute Gasteiger partial charge is 0.137 e. The number of nitrogens with zero attached hydrogens (tertiary/aromatic N) is 4. The molecule has 9 heteroatoms. The number of fused-ring (bicyclic) bond motifs is 2. The fraction of sp³-hybridized carbons (Fsp3) is 0.318. The van der Waals surface area contributed by atoms with Crippen LogP contribution in [0.3, 0.4) is 0 Å². The van der Waals surface area contributed by atoms with E-state index in [1.54, 1.807) is 12.1 Å². The van der Waals surface area contributed by atoms with Gasteiger partial charge in [-0.05, 0) is 112 Å². The number of hydrogen-bond donors (Lipinski definition) is 0. The minimum absolute atomic E-state index is 0.609. The van der Waals surface area contributed by atoms with Crippen LogP contribution in [0.25, 0.3) is 44.2 Å². The van der Waals surface area contributed by atoms with Gasteiger partial charge in [0.25, 0.3) is 0 Å². The summed E-state index contributed by atoms with van der Waals surface area (Å²) in [4.78, 5) is 4.99. The zero-order chi connectivity index (χ0) is 37.1. The Hall–Kier alpha value is -4.27. The van der Waals surface area contributed by atoms with Crippen LogP contribution in [0.15, 0.2) is 87.7 Å². The molecule has 0 saturated carbocycles. The zero-order valence-corrected chi connectivity index (χ0v) is 32.2. The van der Waals surface area contributed by atoms with Gasteiger partial charge in [0.1, 0.15) is 22.7 Å². The lowest BCUT2D eigenvalue weighted by molar-refractivity contribution is 0.266. The predicted octanol–water partition coefficient (Wildman–Crippen LogP) is 12.0. The van der Waals surface area contributed by atoms with Crippen LogP contribution >= 0.6 is 34.8 Å². The fourth-order valence-electron chi connectivity index (χ4n) is 7.58. The molecule has 6 aromatic rings. The Bertz CT molecular complexity index is 2310. The van der Waals surface area contributed by atoms with E-state index in [-0.39, 0.29) is 0 Å². The molecule has 2 fully saturated rings. The Kier molecular flexibility index (Phi) is 11.5. The number of halogens is 3. The van der Waals surface area contributed by atoms with Crippen LogP contribution in [-0.4, -0.2) is 48.1 Å². The van der Waals surface area contributed by atoms with Gasteiger partial charge in [-0.25, -0.2) is 0 Å². The molecule has 0 spiro atoms. The summed E-state index contributed by atoms with van der Waals surface area (Å²) >= 11 is 19.8. The minimum atomic E-state index is 0.609. The third-order valence-corrected chi connectivity index (χ3v) is 11.9. The monoisotopic (exact) mass is 762 g/mol. The molecule has 4 heterocycles. The molecule has 270 valence electrons. The molecule has 2 aromatic heterocycles. The normalized spacial score (nSPS) is 17.6. The van der Waals surface area contributed by atoms with E-state index in [0.29, 0.717) is 38.8 Å². The van der Waals surface area contributed by atoms with Gasteiger partial charge < -0.3 is 18.6 Å². The molecule has 0 unspecified atom stereocenters. The highest BCUT2D eigenvalue weighted by Crippen LogP contribution is 2.39. The quantitative estimate of drug-likeness (QED) is 0.154. The molecule has 0 bridgehead atoms. The van der Waals surface area contributed by atoms with Crippen molar-refractivity contribution in [2.24, 2.45) is 0 Å². The maximum absolute atomic E-state index is 8.97. The average Bonchev–Trinajstić information content (AvgIpc) is 3.95. The first-order valence-corrected chi connectivity index (χ1v) is 19.5. The summed E-state index contributed by atoms with van der Waals surface area (Å²) in [6.07, 6.45) is 6.71. The Labute approximate surface area is 326 Å². The maximum atomic E-state index is 8.97. The molecule has 2 aliphatic rings. The Morgan fingerprint density at radius 1 is 0.623 bits per heavy atom. The third kappa shape index (κ3) is 8.14. The van der Waals surface area contributed by atoms with E-state index in [4.69, 9.17) is 54.2 Å². The SMILES string of the molecule is C[C@@H]1CCCN1CCc1oc2cc(Cl)c(-c3ccc(C#N)cc3)cc2c1Cl.C[C@@H]1CCCN1CCc1oc2ccc(-c3ccc(C#N)cc3)cc2c1Cl. The van der Waals surface area contributed by atoms with Gasteiger partial charge in [-0.3, -0.25) is 0 Å². The molecule has 4 aromatic carbocycles. The van der Waals surface area contributed by atoms with Crippen molar-refractivity contribution in [2.45, 2.75) is 64.5 Å². The van der Waals surface area contributed by atoms with Crippen LogP contribution in [0.5, 0.6) is 0 Å². The lowest BCUT2D eigenvalue weighted by Gasteiger charge is -2.19. The van der Waals surface area contributed by atoms with Gasteiger partial charge in [0.15, 0.2) is 0 Å². The molecule has 2 saturated heterocycles. The highest BCUT2D eigenvalue weighted by Gasteiger charge is 2.23. The summed E-state index contributed by atoms with van der Waals surface area (Å²) in [7, 11) is 0. The van der Waals surface area contributed by atoms with Crippen LogP contribution in [0.1, 0.15) is 62.2 Å². The zero-order valence-electron chi connectivity index (χ0n) is 30.0. The van der Waals surface area contributed by atoms with E-state index in [2.05, 4.69) is 41.9 Å². The Morgan fingerprint density at radius 2 is 1.11 bits per heavy atom. The Balaban J connectivity index is 0.000000164. The lowest BCUT2D eigenvalue weighted by Crippen LogP contribution is -2.28. The topological polar surface area (TPSA) is 80.3 Å². The molecule has 53 heavy (non-hydrogen) atoms. The molecule has 0 amide bonds. The summed E-state index contributed by atoms with van der Waals surface area (Å²) in [5.74, 6) is 1.69. The van der Waals surface area contributed by atoms with Crippen molar-refractivity contribution < 1.29 is 8.83 Å². The standard InChI is InChI=1S/C22H20Cl2N2O.C22H21ClN2O/c1-14-3-2-9-26(14)10-8-20-22(24)18-11-17(19(23)12-21(18)27-20)16-6-4-15(13-25)5-7-16;1-15-3-2-11-25(15)12-10-21-22(23)19-13-18(8-9-20(19)26-21)17-6-4-16(14-24)5-7-17/h4-7,11-12,14H,2-3,8-10H2,1H3;4-9,13,15H,2-3,10-12H2,1H3/t14-;15-/m11/s1. The second-order valence-corrected chi connectivity index (χ2v) is 15.3. The fourth-order valence-corrected chi connectivity index (χ4v) is 8.41. The van der Waals surface area contributed by atoms with E-state index in [1.807, 2.05) is 60.7 Å². The van der Waals surface area contributed by atoms with Crippen molar-refractivity contribution in [1.29, 1.82) is 10.5 Å². The molecule has 0 aliphatic carbocycles. The van der Waals surface area contributed by atoms with Gasteiger partial charge in [0.2, 0.25) is 0 Å². The molecule has 2 aliphatic heterocycles. The minimum Gasteiger partial charge on any atom is -0.459 e. The number of hydrogen-bond acceptors (Lipinski definition) is 6. The van der Waals surface area contributed by atoms with E-state index >= 15 is 0 Å². The summed E-state index contributed by atoms with van der Waals surface area (Å²) in [6, 6.07) is 30.4. The number of likely N-dealkylation sites (tertiary alicyclic amines) is 2. The van der Waals surface area contributed by atoms with Crippen molar-refractivity contribution in [3.63, 3.8) is 0 Å². The molecule has 0 N–H and O–H groups in total. The molecular formula is C44H41Cl3N4O2. The van der Waals surface area contributed by atoms with Crippen molar-refractivity contribution in [1.82, 2.24) is 9.80 Å². The van der Waals surface area contributed by atoms with Gasteiger partial charge >= 0.3 is 0 Å². The number of nitriles is 2. The number of benzene rings is 4. The van der Waals surface area contributed by atoms with Crippen molar-refractivity contribution in [2.75, 3.05) is 26.2 Å². The highest BCUT2D eigenvalue weighted by atomic mass is 35.5. The molecule has 6 nitrogen and oxygen atoms in total. The Morgan fingerprint density at radius 3 is 1.62 bits per heavy atom. The van der Waals surface area contributed by atoms with Crippen LogP contribution in [-0.2, 0) is 12.8 Å². The largest absolute Gasteiger partial charge is 0.459 e. The first kappa shape index (κ1) is 37.1. The summed E-state index contributed by atoms with van der Waals surface area (Å²) in [6.45, 7) is 8.82. The van der Waals surface area contributed by atoms with Crippen molar-refractivity contribution in [3.05, 3.63) is 117 Å². The van der Waals surface area contributed by atoms with E-state index < -0.39 is 0 Å². The molecule has 8 rings (SSSR count). The summed E-state index contributed by atoms with van der Waals surface area (Å²) in [5, 5.41) is 21.8. The first-order chi connectivity index (χ1) is 25.7. The first-order valence-electron chi connectivity index (χ1n) is 18.3. The molecular weight excluding hydrogens is 723 g/mol. The van der Waals surface area contributed by atoms with Crippen LogP contribution in [0, 0.1) is 22.7 Å². The van der Waals surface area contributed by atoms with Crippen LogP contribution in [0.4, 0.5) is 0 Å². The van der Waals surface area contributed by atoms with Crippen LogP contribution in [0.2, 0.25) is 15.1 Å². The van der Waals surface area contributed by atoms with Gasteiger partial charge in [-0.2, -0.15) is 10.5 Å². The van der Waals surface area contributed by atoms with E-state index in [0.717, 1.165) is 87.6 Å². The van der Waals surface area contributed by atoms with E-state index in [9.17, 15) is 0 Å². The summed E-state index contributed by atoms with van der Waals surface area (Å²) in [5.41, 5.74) is 6.80. The van der Waals surface area contributed by atoms with Crippen molar-refractivity contribution in [3.8, 4) is 34.4 Å². The maximum Gasteiger partial charge on any atom is 0.137 e. The molecule has 0 radical (unpaired) electrons. The van der Waals surface area contributed by atoms with Crippen LogP contribution < -0.4 is 0 Å². The average molecular weight is 764 g/mol. The third-order valence-electron chi connectivity index (χ3n) is 10.8. The van der Waals surface area contributed by atoms with E-state index in [1.165, 1.54) is 32.2 Å². The van der Waals surface area contributed by atoms with Gasteiger partial charge in [-0.1, -0.05) is 65.1 Å². The predicted molar refractivity (Wildman–Crippen MR) is 216 cm³/mol. The number of furan rings is 2. The van der Waals surface area contributed by atoms with Gasteiger partial charge in [-0.15, -0.1) is 0 Å². The second-order valence-electron chi connectivity index (χ2n) is 14.2. The lowest BCUT2D eigenvalue weighted by atomic mass is 10.0. The number of rotatable bonds is 8. The van der Waals surface area contributed by atoms with Gasteiger partial charge in [0, 0.05) is 60.4 Å². The summed E-state index contributed by atoms with van der Waals surface area (Å²) < 4.78 is 12.0.